The van der Waals surface area contributed by atoms with Crippen molar-refractivity contribution in [1.82, 2.24) is 10.3 Å². The molecule has 0 aliphatic rings. The fourth-order valence-electron chi connectivity index (χ4n) is 3.68. The van der Waals surface area contributed by atoms with E-state index in [1.807, 2.05) is 62.5 Å². The average molecular weight is 587 g/mol. The Labute approximate surface area is 247 Å². The molecule has 0 saturated carbocycles. The molecule has 0 spiro atoms. The van der Waals surface area contributed by atoms with E-state index < -0.39 is 11.8 Å². The van der Waals surface area contributed by atoms with Crippen molar-refractivity contribution in [3.05, 3.63) is 107 Å². The van der Waals surface area contributed by atoms with Crippen LogP contribution in [-0.2, 0) is 9.59 Å². The lowest BCUT2D eigenvalue weighted by molar-refractivity contribution is -0.115. The molecule has 0 radical (unpaired) electrons. The number of thiazole rings is 1. The number of carbonyl (C=O) groups excluding carboxylic acids is 3. The van der Waals surface area contributed by atoms with Crippen molar-refractivity contribution in [1.29, 1.82) is 0 Å². The molecule has 210 valence electrons. The van der Waals surface area contributed by atoms with Gasteiger partial charge in [-0.2, -0.15) is 0 Å². The third-order valence-electron chi connectivity index (χ3n) is 5.69. The zero-order chi connectivity index (χ0) is 29.2. The predicted octanol–water partition coefficient (Wildman–Crippen LogP) is 6.38. The van der Waals surface area contributed by atoms with E-state index in [-0.39, 0.29) is 16.9 Å². The van der Waals surface area contributed by atoms with Crippen molar-refractivity contribution in [2.45, 2.75) is 30.9 Å². The van der Waals surface area contributed by atoms with Gasteiger partial charge < -0.3 is 20.7 Å². The fraction of sp³-hybridized carbons (Fsp3) is 0.161. The summed E-state index contributed by atoms with van der Waals surface area (Å²) in [5, 5.41) is 10.5. The molecule has 4 rings (SSSR count). The molecule has 1 atom stereocenters. The molecule has 3 amide bonds. The maximum absolute atomic E-state index is 13.4. The van der Waals surface area contributed by atoms with Crippen molar-refractivity contribution in [2.24, 2.45) is 0 Å². The van der Waals surface area contributed by atoms with Crippen LogP contribution in [0.15, 0.2) is 94.8 Å². The van der Waals surface area contributed by atoms with E-state index >= 15 is 0 Å². The summed E-state index contributed by atoms with van der Waals surface area (Å²) in [4.78, 5) is 44.0. The van der Waals surface area contributed by atoms with Crippen molar-refractivity contribution in [2.75, 3.05) is 17.2 Å². The van der Waals surface area contributed by atoms with E-state index in [0.29, 0.717) is 34.3 Å². The molecular formula is C31H30N4O4S2. The molecule has 4 aromatic rings. The molecule has 1 unspecified atom stereocenters. The van der Waals surface area contributed by atoms with Gasteiger partial charge in [-0.25, -0.2) is 4.98 Å². The molecule has 3 N–H and O–H groups in total. The SMILES string of the molecule is CCOc1ccccc1/C=C(\NC(=O)c1ccccc1)C(=O)Nc1ccc(SC(C)C(=O)Nc2nc(C)cs2)cc1. The smallest absolute Gasteiger partial charge is 0.272 e. The second-order valence-corrected chi connectivity index (χ2v) is 11.1. The molecule has 0 saturated heterocycles. The summed E-state index contributed by atoms with van der Waals surface area (Å²) in [6.07, 6.45) is 1.59. The summed E-state index contributed by atoms with van der Waals surface area (Å²) in [5.74, 6) is -0.447. The lowest BCUT2D eigenvalue weighted by Crippen LogP contribution is -2.30. The van der Waals surface area contributed by atoms with Gasteiger partial charge in [0, 0.05) is 27.1 Å². The molecular weight excluding hydrogens is 556 g/mol. The van der Waals surface area contributed by atoms with Crippen molar-refractivity contribution in [3.8, 4) is 5.75 Å². The standard InChI is InChI=1S/C31H30N4O4S2/c1-4-39-27-13-9-8-12-23(27)18-26(34-29(37)22-10-6-5-7-11-22)30(38)33-24-14-16-25(17-15-24)41-21(3)28(36)35-31-32-20(2)19-40-31/h5-19,21H,4H2,1-3H3,(H,33,38)(H,34,37)(H,32,35,36)/b26-18-. The van der Waals surface area contributed by atoms with Gasteiger partial charge in [0.15, 0.2) is 5.13 Å². The first-order valence-corrected chi connectivity index (χ1v) is 14.7. The molecule has 0 fully saturated rings. The third kappa shape index (κ3) is 8.54. The van der Waals surface area contributed by atoms with Crippen LogP contribution < -0.4 is 20.7 Å². The highest BCUT2D eigenvalue weighted by molar-refractivity contribution is 8.00. The molecule has 0 bridgehead atoms. The molecule has 1 heterocycles. The van der Waals surface area contributed by atoms with E-state index in [1.54, 1.807) is 48.5 Å². The highest BCUT2D eigenvalue weighted by Crippen LogP contribution is 2.27. The number of nitrogens with zero attached hydrogens (tertiary/aromatic N) is 1. The van der Waals surface area contributed by atoms with Crippen LogP contribution in [0.2, 0.25) is 0 Å². The maximum Gasteiger partial charge on any atom is 0.272 e. The zero-order valence-corrected chi connectivity index (χ0v) is 24.5. The minimum atomic E-state index is -0.493. The van der Waals surface area contributed by atoms with Gasteiger partial charge in [0.2, 0.25) is 5.91 Å². The number of para-hydroxylation sites is 1. The minimum Gasteiger partial charge on any atom is -0.493 e. The molecule has 0 aliphatic heterocycles. The number of hydrogen-bond donors (Lipinski definition) is 3. The van der Waals surface area contributed by atoms with Crippen molar-refractivity contribution >= 4 is 57.7 Å². The third-order valence-corrected chi connectivity index (χ3v) is 7.68. The highest BCUT2D eigenvalue weighted by atomic mass is 32.2. The van der Waals surface area contributed by atoms with Crippen LogP contribution >= 0.6 is 23.1 Å². The number of amides is 3. The van der Waals surface area contributed by atoms with Crippen LogP contribution in [0, 0.1) is 6.92 Å². The lowest BCUT2D eigenvalue weighted by atomic mass is 10.1. The van der Waals surface area contributed by atoms with Gasteiger partial charge in [0.05, 0.1) is 17.6 Å². The Morgan fingerprint density at radius 3 is 2.37 bits per heavy atom. The largest absolute Gasteiger partial charge is 0.493 e. The Kier molecular flexibility index (Phi) is 10.3. The monoisotopic (exact) mass is 586 g/mol. The number of ether oxygens (including phenoxy) is 1. The number of rotatable bonds is 11. The van der Waals surface area contributed by atoms with Crippen molar-refractivity contribution in [3.63, 3.8) is 0 Å². The molecule has 0 aliphatic carbocycles. The second-order valence-electron chi connectivity index (χ2n) is 8.87. The Hall–Kier alpha value is -4.41. The predicted molar refractivity (Wildman–Crippen MR) is 165 cm³/mol. The fourth-order valence-corrected chi connectivity index (χ4v) is 5.23. The molecule has 10 heteroatoms. The van der Waals surface area contributed by atoms with E-state index in [0.717, 1.165) is 10.6 Å². The van der Waals surface area contributed by atoms with Gasteiger partial charge in [-0.3, -0.25) is 14.4 Å². The summed E-state index contributed by atoms with van der Waals surface area (Å²) in [5.41, 5.74) is 2.54. The number of benzene rings is 3. The molecule has 3 aromatic carbocycles. The molecule has 41 heavy (non-hydrogen) atoms. The number of anilines is 2. The highest BCUT2D eigenvalue weighted by Gasteiger charge is 2.18. The topological polar surface area (TPSA) is 109 Å². The van der Waals surface area contributed by atoms with Crippen molar-refractivity contribution < 1.29 is 19.1 Å². The van der Waals surface area contributed by atoms with Gasteiger partial charge in [-0.15, -0.1) is 23.1 Å². The number of carbonyl (C=O) groups is 3. The molecule has 8 nitrogen and oxygen atoms in total. The Bertz CT molecular complexity index is 1540. The Balaban J connectivity index is 1.47. The first kappa shape index (κ1) is 29.6. The Morgan fingerprint density at radius 1 is 0.976 bits per heavy atom. The Morgan fingerprint density at radius 2 is 1.68 bits per heavy atom. The lowest BCUT2D eigenvalue weighted by Gasteiger charge is -2.14. The summed E-state index contributed by atoms with van der Waals surface area (Å²) in [6.45, 7) is 6.03. The number of aromatic nitrogens is 1. The van der Waals surface area contributed by atoms with Crippen LogP contribution in [0.5, 0.6) is 5.75 Å². The first-order chi connectivity index (χ1) is 19.8. The first-order valence-electron chi connectivity index (χ1n) is 12.9. The van der Waals surface area contributed by atoms with E-state index in [1.165, 1.54) is 23.1 Å². The van der Waals surface area contributed by atoms with E-state index in [4.69, 9.17) is 4.74 Å². The zero-order valence-electron chi connectivity index (χ0n) is 22.8. The minimum absolute atomic E-state index is 0.0622. The second kappa shape index (κ2) is 14.3. The van der Waals surface area contributed by atoms with Gasteiger partial charge in [-0.05, 0) is 69.3 Å². The van der Waals surface area contributed by atoms with Gasteiger partial charge in [-0.1, -0.05) is 36.4 Å². The number of thioether (sulfide) groups is 1. The number of nitrogens with one attached hydrogen (secondary N) is 3. The van der Waals surface area contributed by atoms with Crippen LogP contribution in [0.4, 0.5) is 10.8 Å². The van der Waals surface area contributed by atoms with E-state index in [2.05, 4.69) is 20.9 Å². The summed E-state index contributed by atoms with van der Waals surface area (Å²) < 4.78 is 5.70. The number of hydrogen-bond acceptors (Lipinski definition) is 7. The average Bonchev–Trinajstić information content (AvgIpc) is 3.39. The summed E-state index contributed by atoms with van der Waals surface area (Å²) >= 11 is 2.78. The van der Waals surface area contributed by atoms with Gasteiger partial charge in [0.25, 0.3) is 11.8 Å². The van der Waals surface area contributed by atoms with Gasteiger partial charge in [0.1, 0.15) is 11.4 Å². The van der Waals surface area contributed by atoms with Crippen LogP contribution in [0.3, 0.4) is 0 Å². The van der Waals surface area contributed by atoms with E-state index in [9.17, 15) is 14.4 Å². The van der Waals surface area contributed by atoms with Crippen LogP contribution in [0.1, 0.15) is 35.5 Å². The summed E-state index contributed by atoms with van der Waals surface area (Å²) in [7, 11) is 0. The van der Waals surface area contributed by atoms with Crippen LogP contribution in [-0.4, -0.2) is 34.6 Å². The maximum atomic E-state index is 13.4. The van der Waals surface area contributed by atoms with Crippen LogP contribution in [0.25, 0.3) is 6.08 Å². The summed E-state index contributed by atoms with van der Waals surface area (Å²) in [6, 6.07) is 23.1. The van der Waals surface area contributed by atoms with Gasteiger partial charge >= 0.3 is 0 Å². The quantitative estimate of drug-likeness (QED) is 0.139. The molecule has 1 aromatic heterocycles. The number of aryl methyl sites for hydroxylation is 1. The normalized spacial score (nSPS) is 11.8.